The summed E-state index contributed by atoms with van der Waals surface area (Å²) in [6.45, 7) is 0.921. The van der Waals surface area contributed by atoms with Crippen LogP contribution in [0.15, 0.2) is 16.9 Å². The molecule has 0 atom stereocenters. The Morgan fingerprint density at radius 1 is 1.13 bits per heavy atom. The highest BCUT2D eigenvalue weighted by molar-refractivity contribution is 9.10. The van der Waals surface area contributed by atoms with E-state index in [1.54, 1.807) is 12.4 Å². The normalized spacial score (nSPS) is 10.3. The zero-order valence-corrected chi connectivity index (χ0v) is 10.9. The van der Waals surface area contributed by atoms with Gasteiger partial charge in [-0.25, -0.2) is 9.97 Å². The van der Waals surface area contributed by atoms with Crippen LogP contribution in [0.5, 0.6) is 0 Å². The van der Waals surface area contributed by atoms with Crippen molar-refractivity contribution in [2.24, 2.45) is 0 Å². The van der Waals surface area contributed by atoms with Crippen LogP contribution in [0.1, 0.15) is 25.7 Å². The Morgan fingerprint density at radius 3 is 2.47 bits per heavy atom. The lowest BCUT2D eigenvalue weighted by molar-refractivity contribution is 0.686. The average Bonchev–Trinajstić information content (AvgIpc) is 2.26. The second-order valence-corrected chi connectivity index (χ2v) is 4.55. The number of rotatable bonds is 7. The lowest BCUT2D eigenvalue weighted by atomic mass is 10.2. The fourth-order valence-corrected chi connectivity index (χ4v) is 1.57. The molecule has 1 N–H and O–H groups in total. The van der Waals surface area contributed by atoms with Gasteiger partial charge in [0.25, 0.3) is 0 Å². The van der Waals surface area contributed by atoms with Crippen LogP contribution in [-0.2, 0) is 0 Å². The van der Waals surface area contributed by atoms with Crippen LogP contribution in [0.4, 0.5) is 5.95 Å². The van der Waals surface area contributed by atoms with Gasteiger partial charge in [0.05, 0.1) is 4.47 Å². The maximum atomic E-state index is 5.58. The van der Waals surface area contributed by atoms with Crippen molar-refractivity contribution in [3.05, 3.63) is 16.9 Å². The first-order valence-corrected chi connectivity index (χ1v) is 6.43. The molecule has 15 heavy (non-hydrogen) atoms. The maximum absolute atomic E-state index is 5.58. The summed E-state index contributed by atoms with van der Waals surface area (Å²) < 4.78 is 0.898. The summed E-state index contributed by atoms with van der Waals surface area (Å²) in [6, 6.07) is 0. The van der Waals surface area contributed by atoms with E-state index in [2.05, 4.69) is 31.2 Å². The molecule has 84 valence electrons. The molecule has 1 heterocycles. The predicted octanol–water partition coefficient (Wildman–Crippen LogP) is 3.45. The molecule has 0 radical (unpaired) electrons. The van der Waals surface area contributed by atoms with Gasteiger partial charge in [0.15, 0.2) is 0 Å². The van der Waals surface area contributed by atoms with E-state index in [4.69, 9.17) is 11.6 Å². The number of hydrogen-bond acceptors (Lipinski definition) is 3. The summed E-state index contributed by atoms with van der Waals surface area (Å²) in [6.07, 6.45) is 8.13. The summed E-state index contributed by atoms with van der Waals surface area (Å²) in [5, 5.41) is 3.17. The predicted molar refractivity (Wildman–Crippen MR) is 67.4 cm³/mol. The number of halogens is 2. The standard InChI is InChI=1S/C10H15BrClN3/c11-9-7-14-10(15-8-9)13-6-4-2-1-3-5-12/h7-8H,1-6H2,(H,13,14,15). The van der Waals surface area contributed by atoms with Gasteiger partial charge in [0.2, 0.25) is 5.95 Å². The molecule has 1 rings (SSSR count). The minimum atomic E-state index is 0.690. The van der Waals surface area contributed by atoms with Gasteiger partial charge in [-0.15, -0.1) is 11.6 Å². The van der Waals surface area contributed by atoms with E-state index in [0.29, 0.717) is 5.95 Å². The minimum Gasteiger partial charge on any atom is -0.354 e. The topological polar surface area (TPSA) is 37.8 Å². The van der Waals surface area contributed by atoms with Crippen molar-refractivity contribution in [1.82, 2.24) is 9.97 Å². The molecule has 0 aliphatic carbocycles. The first-order chi connectivity index (χ1) is 7.33. The molecule has 0 aromatic carbocycles. The first-order valence-electron chi connectivity index (χ1n) is 5.10. The summed E-state index contributed by atoms with van der Waals surface area (Å²) in [4.78, 5) is 8.24. The lowest BCUT2D eigenvalue weighted by Crippen LogP contribution is -2.04. The molecule has 0 amide bonds. The van der Waals surface area contributed by atoms with Crippen molar-refractivity contribution < 1.29 is 0 Å². The van der Waals surface area contributed by atoms with Crippen LogP contribution < -0.4 is 5.32 Å². The summed E-state index contributed by atoms with van der Waals surface area (Å²) in [5.41, 5.74) is 0. The molecule has 0 spiro atoms. The molecule has 0 fully saturated rings. The smallest absolute Gasteiger partial charge is 0.222 e. The van der Waals surface area contributed by atoms with Gasteiger partial charge in [-0.2, -0.15) is 0 Å². The number of unbranched alkanes of at least 4 members (excludes halogenated alkanes) is 3. The zero-order chi connectivity index (χ0) is 10.9. The summed E-state index contributed by atoms with van der Waals surface area (Å²) >= 11 is 8.88. The largest absolute Gasteiger partial charge is 0.354 e. The molecule has 1 aromatic heterocycles. The van der Waals surface area contributed by atoms with Gasteiger partial charge in [0.1, 0.15) is 0 Å². The number of aromatic nitrogens is 2. The Kier molecular flexibility index (Phi) is 6.68. The highest BCUT2D eigenvalue weighted by Gasteiger charge is 1.94. The molecule has 0 bridgehead atoms. The highest BCUT2D eigenvalue weighted by Crippen LogP contribution is 2.07. The van der Waals surface area contributed by atoms with Gasteiger partial charge in [0, 0.05) is 24.8 Å². The van der Waals surface area contributed by atoms with Crippen molar-refractivity contribution in [3.8, 4) is 0 Å². The molecular formula is C10H15BrClN3. The molecule has 3 nitrogen and oxygen atoms in total. The molecule has 0 unspecified atom stereocenters. The lowest BCUT2D eigenvalue weighted by Gasteiger charge is -2.03. The Morgan fingerprint density at radius 2 is 1.80 bits per heavy atom. The zero-order valence-electron chi connectivity index (χ0n) is 8.55. The van der Waals surface area contributed by atoms with Crippen LogP contribution in [0.25, 0.3) is 0 Å². The summed E-state index contributed by atoms with van der Waals surface area (Å²) in [7, 11) is 0. The molecule has 1 aromatic rings. The van der Waals surface area contributed by atoms with E-state index in [1.165, 1.54) is 12.8 Å². The third-order valence-electron chi connectivity index (χ3n) is 1.96. The Hall–Kier alpha value is -0.350. The van der Waals surface area contributed by atoms with Crippen LogP contribution in [0.3, 0.4) is 0 Å². The van der Waals surface area contributed by atoms with Gasteiger partial charge in [-0.05, 0) is 28.8 Å². The third kappa shape index (κ3) is 5.95. The Labute approximate surface area is 104 Å². The number of hydrogen-bond donors (Lipinski definition) is 1. The van der Waals surface area contributed by atoms with Gasteiger partial charge < -0.3 is 5.32 Å². The Balaban J connectivity index is 2.07. The van der Waals surface area contributed by atoms with E-state index < -0.39 is 0 Å². The fraction of sp³-hybridized carbons (Fsp3) is 0.600. The van der Waals surface area contributed by atoms with E-state index in [0.717, 1.165) is 29.7 Å². The second kappa shape index (κ2) is 7.88. The molecular weight excluding hydrogens is 277 g/mol. The molecule has 0 aliphatic rings. The highest BCUT2D eigenvalue weighted by atomic mass is 79.9. The molecule has 0 aliphatic heterocycles. The number of alkyl halides is 1. The summed E-state index contributed by atoms with van der Waals surface area (Å²) in [5.74, 6) is 1.46. The molecule has 0 saturated carbocycles. The van der Waals surface area contributed by atoms with Gasteiger partial charge >= 0.3 is 0 Å². The van der Waals surface area contributed by atoms with Crippen molar-refractivity contribution >= 4 is 33.5 Å². The number of nitrogens with one attached hydrogen (secondary N) is 1. The Bertz CT molecular complexity index is 266. The minimum absolute atomic E-state index is 0.690. The SMILES string of the molecule is ClCCCCCCNc1ncc(Br)cn1. The number of nitrogens with zero attached hydrogens (tertiary/aromatic N) is 2. The third-order valence-corrected chi connectivity index (χ3v) is 2.64. The van der Waals surface area contributed by atoms with E-state index in [9.17, 15) is 0 Å². The van der Waals surface area contributed by atoms with Crippen molar-refractivity contribution in [2.75, 3.05) is 17.7 Å². The van der Waals surface area contributed by atoms with E-state index in [1.807, 2.05) is 0 Å². The van der Waals surface area contributed by atoms with Crippen molar-refractivity contribution in [2.45, 2.75) is 25.7 Å². The van der Waals surface area contributed by atoms with E-state index in [-0.39, 0.29) is 0 Å². The average molecular weight is 293 g/mol. The molecule has 5 heteroatoms. The maximum Gasteiger partial charge on any atom is 0.222 e. The quantitative estimate of drug-likeness (QED) is 0.618. The van der Waals surface area contributed by atoms with E-state index >= 15 is 0 Å². The second-order valence-electron chi connectivity index (χ2n) is 3.25. The van der Waals surface area contributed by atoms with Crippen LogP contribution >= 0.6 is 27.5 Å². The first kappa shape index (κ1) is 12.7. The fourth-order valence-electron chi connectivity index (χ4n) is 1.18. The van der Waals surface area contributed by atoms with Crippen molar-refractivity contribution in [3.63, 3.8) is 0 Å². The van der Waals surface area contributed by atoms with Gasteiger partial charge in [-0.3, -0.25) is 0 Å². The molecule has 0 saturated heterocycles. The van der Waals surface area contributed by atoms with Crippen molar-refractivity contribution in [1.29, 1.82) is 0 Å². The monoisotopic (exact) mass is 291 g/mol. The van der Waals surface area contributed by atoms with Crippen LogP contribution in [0, 0.1) is 0 Å². The van der Waals surface area contributed by atoms with Gasteiger partial charge in [-0.1, -0.05) is 12.8 Å². The van der Waals surface area contributed by atoms with Crippen LogP contribution in [0.2, 0.25) is 0 Å². The van der Waals surface area contributed by atoms with Crippen LogP contribution in [-0.4, -0.2) is 22.4 Å². The number of anilines is 1.